The Hall–Kier alpha value is -1.71. The van der Waals surface area contributed by atoms with E-state index in [1.165, 1.54) is 26.4 Å². The Kier molecular flexibility index (Phi) is 5.56. The minimum absolute atomic E-state index is 0.0624. The molecule has 2 aliphatic heterocycles. The smallest absolute Gasteiger partial charge is 0.225 e. The highest BCUT2D eigenvalue weighted by atomic mass is 32.2. The Morgan fingerprint density at radius 3 is 2.34 bits per heavy atom. The minimum Gasteiger partial charge on any atom is -0.345 e. The van der Waals surface area contributed by atoms with E-state index < -0.39 is 10.0 Å². The quantitative estimate of drug-likeness (QED) is 0.738. The number of nitrogens with zero attached hydrogens (tertiary/aromatic N) is 4. The molecule has 0 radical (unpaired) electrons. The topological polar surface area (TPSA) is 73.8 Å². The van der Waals surface area contributed by atoms with Crippen LogP contribution in [0.3, 0.4) is 0 Å². The number of benzene rings is 1. The van der Waals surface area contributed by atoms with Crippen LogP contribution in [0.15, 0.2) is 12.1 Å². The molecule has 0 N–H and O–H groups in total. The van der Waals surface area contributed by atoms with Crippen LogP contribution in [0.4, 0.5) is 5.13 Å². The highest BCUT2D eigenvalue weighted by molar-refractivity contribution is 7.88. The lowest BCUT2D eigenvalue weighted by atomic mass is 9.96. The third kappa shape index (κ3) is 4.27. The van der Waals surface area contributed by atoms with Crippen LogP contribution >= 0.6 is 11.3 Å². The van der Waals surface area contributed by atoms with E-state index in [0.29, 0.717) is 39.0 Å². The van der Waals surface area contributed by atoms with Crippen molar-refractivity contribution in [3.05, 3.63) is 23.3 Å². The first-order valence-electron chi connectivity index (χ1n) is 10.1. The molecule has 2 fully saturated rings. The SMILES string of the molecule is Cc1cc(C)c2sc(N3CCN(C(=O)C4CCN(S(C)(=O)=O)CC4)CC3)nc2c1. The lowest BCUT2D eigenvalue weighted by Gasteiger charge is -2.38. The number of amides is 1. The average molecular weight is 437 g/mol. The lowest BCUT2D eigenvalue weighted by Crippen LogP contribution is -2.52. The van der Waals surface area contributed by atoms with Crippen LogP contribution in [0.2, 0.25) is 0 Å². The molecule has 0 unspecified atom stereocenters. The zero-order valence-corrected chi connectivity index (χ0v) is 18.9. The summed E-state index contributed by atoms with van der Waals surface area (Å²) in [6.07, 6.45) is 2.46. The molecular weight excluding hydrogens is 408 g/mol. The lowest BCUT2D eigenvalue weighted by molar-refractivity contribution is -0.137. The number of thiazole rings is 1. The summed E-state index contributed by atoms with van der Waals surface area (Å²) in [5.41, 5.74) is 3.54. The molecule has 1 aromatic heterocycles. The fraction of sp³-hybridized carbons (Fsp3) is 0.600. The zero-order valence-electron chi connectivity index (χ0n) is 17.2. The zero-order chi connectivity index (χ0) is 20.8. The van der Waals surface area contributed by atoms with Gasteiger partial charge in [0, 0.05) is 45.2 Å². The number of carbonyl (C=O) groups excluding carboxylic acids is 1. The second-order valence-electron chi connectivity index (χ2n) is 8.18. The van der Waals surface area contributed by atoms with E-state index in [0.717, 1.165) is 23.7 Å². The van der Waals surface area contributed by atoms with Gasteiger partial charge in [-0.15, -0.1) is 0 Å². The number of sulfonamides is 1. The second kappa shape index (κ2) is 7.85. The van der Waals surface area contributed by atoms with Crippen molar-refractivity contribution in [3.63, 3.8) is 0 Å². The number of hydrogen-bond acceptors (Lipinski definition) is 6. The van der Waals surface area contributed by atoms with Crippen molar-refractivity contribution in [2.45, 2.75) is 26.7 Å². The molecule has 29 heavy (non-hydrogen) atoms. The molecule has 0 spiro atoms. The van der Waals surface area contributed by atoms with E-state index in [9.17, 15) is 13.2 Å². The number of aromatic nitrogens is 1. The summed E-state index contributed by atoms with van der Waals surface area (Å²) in [7, 11) is -3.16. The summed E-state index contributed by atoms with van der Waals surface area (Å²) in [6.45, 7) is 8.06. The molecular formula is C20H28N4O3S2. The summed E-state index contributed by atoms with van der Waals surface area (Å²) < 4.78 is 26.0. The maximum absolute atomic E-state index is 12.9. The molecule has 1 aromatic carbocycles. The largest absolute Gasteiger partial charge is 0.345 e. The first kappa shape index (κ1) is 20.6. The Balaban J connectivity index is 1.36. The van der Waals surface area contributed by atoms with Gasteiger partial charge in [0.2, 0.25) is 15.9 Å². The molecule has 2 saturated heterocycles. The molecule has 3 heterocycles. The minimum atomic E-state index is -3.16. The van der Waals surface area contributed by atoms with Crippen LogP contribution < -0.4 is 4.90 Å². The highest BCUT2D eigenvalue weighted by Crippen LogP contribution is 2.32. The van der Waals surface area contributed by atoms with Crippen LogP contribution in [0, 0.1) is 19.8 Å². The summed E-state index contributed by atoms with van der Waals surface area (Å²) in [4.78, 5) is 21.9. The first-order chi connectivity index (χ1) is 13.7. The Morgan fingerprint density at radius 2 is 1.72 bits per heavy atom. The number of fused-ring (bicyclic) bond motifs is 1. The number of piperazine rings is 1. The monoisotopic (exact) mass is 436 g/mol. The van der Waals surface area contributed by atoms with Crippen molar-refractivity contribution in [2.24, 2.45) is 5.92 Å². The third-order valence-corrected chi connectivity index (χ3v) is 8.51. The molecule has 9 heteroatoms. The standard InChI is InChI=1S/C20H28N4O3S2/c1-14-12-15(2)18-17(13-14)21-20(28-18)23-10-8-22(9-11-23)19(25)16-4-6-24(7-5-16)29(3,26)27/h12-13,16H,4-11H2,1-3H3. The maximum atomic E-state index is 12.9. The molecule has 1 amide bonds. The Morgan fingerprint density at radius 1 is 1.07 bits per heavy atom. The van der Waals surface area contributed by atoms with Crippen molar-refractivity contribution in [2.75, 3.05) is 50.4 Å². The van der Waals surface area contributed by atoms with Gasteiger partial charge in [0.05, 0.1) is 16.5 Å². The van der Waals surface area contributed by atoms with Gasteiger partial charge in [0.25, 0.3) is 0 Å². The fourth-order valence-electron chi connectivity index (χ4n) is 4.31. The van der Waals surface area contributed by atoms with Gasteiger partial charge >= 0.3 is 0 Å². The van der Waals surface area contributed by atoms with Crippen molar-refractivity contribution in [1.29, 1.82) is 0 Å². The molecule has 158 valence electrons. The Labute approximate surface area is 176 Å². The number of anilines is 1. The Bertz CT molecular complexity index is 1020. The second-order valence-corrected chi connectivity index (χ2v) is 11.1. The van der Waals surface area contributed by atoms with Gasteiger partial charge in [0.1, 0.15) is 0 Å². The number of rotatable bonds is 3. The molecule has 0 aliphatic carbocycles. The summed E-state index contributed by atoms with van der Waals surface area (Å²) >= 11 is 1.73. The molecule has 4 rings (SSSR count). The van der Waals surface area contributed by atoms with Gasteiger partial charge in [-0.3, -0.25) is 4.79 Å². The van der Waals surface area contributed by atoms with Gasteiger partial charge in [-0.25, -0.2) is 17.7 Å². The highest BCUT2D eigenvalue weighted by Gasteiger charge is 2.33. The summed E-state index contributed by atoms with van der Waals surface area (Å²) in [5.74, 6) is 0.112. The van der Waals surface area contributed by atoms with Gasteiger partial charge in [0.15, 0.2) is 5.13 Å². The van der Waals surface area contributed by atoms with Gasteiger partial charge < -0.3 is 9.80 Å². The number of carbonyl (C=O) groups is 1. The molecule has 0 bridgehead atoms. The van der Waals surface area contributed by atoms with Crippen LogP contribution in [-0.2, 0) is 14.8 Å². The van der Waals surface area contributed by atoms with E-state index >= 15 is 0 Å². The van der Waals surface area contributed by atoms with Crippen LogP contribution in [0.5, 0.6) is 0 Å². The maximum Gasteiger partial charge on any atom is 0.225 e. The van der Waals surface area contributed by atoms with E-state index in [-0.39, 0.29) is 11.8 Å². The van der Waals surface area contributed by atoms with E-state index in [2.05, 4.69) is 30.9 Å². The number of piperidine rings is 1. The summed E-state index contributed by atoms with van der Waals surface area (Å²) in [6, 6.07) is 4.32. The van der Waals surface area contributed by atoms with Gasteiger partial charge in [-0.2, -0.15) is 0 Å². The van der Waals surface area contributed by atoms with Crippen molar-refractivity contribution >= 4 is 42.6 Å². The van der Waals surface area contributed by atoms with Crippen LogP contribution in [-0.4, -0.2) is 74.0 Å². The predicted molar refractivity (Wildman–Crippen MR) is 117 cm³/mol. The number of hydrogen-bond donors (Lipinski definition) is 0. The van der Waals surface area contributed by atoms with Gasteiger partial charge in [-0.05, 0) is 43.9 Å². The van der Waals surface area contributed by atoms with Crippen LogP contribution in [0.25, 0.3) is 10.2 Å². The van der Waals surface area contributed by atoms with E-state index in [1.54, 1.807) is 11.3 Å². The number of aryl methyl sites for hydroxylation is 2. The van der Waals surface area contributed by atoms with Gasteiger partial charge in [-0.1, -0.05) is 17.4 Å². The average Bonchev–Trinajstić information content (AvgIpc) is 3.11. The molecule has 0 atom stereocenters. The van der Waals surface area contributed by atoms with E-state index in [4.69, 9.17) is 4.98 Å². The first-order valence-corrected chi connectivity index (χ1v) is 12.8. The van der Waals surface area contributed by atoms with Crippen molar-refractivity contribution < 1.29 is 13.2 Å². The molecule has 2 aromatic rings. The fourth-order valence-corrected chi connectivity index (χ4v) is 6.25. The van der Waals surface area contributed by atoms with Crippen molar-refractivity contribution in [3.8, 4) is 0 Å². The van der Waals surface area contributed by atoms with E-state index in [1.807, 2.05) is 4.90 Å². The van der Waals surface area contributed by atoms with Crippen molar-refractivity contribution in [1.82, 2.24) is 14.2 Å². The third-order valence-electron chi connectivity index (χ3n) is 5.94. The predicted octanol–water partition coefficient (Wildman–Crippen LogP) is 2.23. The molecule has 0 saturated carbocycles. The molecule has 2 aliphatic rings. The normalized spacial score (nSPS) is 19.8. The summed E-state index contributed by atoms with van der Waals surface area (Å²) in [5, 5.41) is 1.03. The van der Waals surface area contributed by atoms with Crippen LogP contribution in [0.1, 0.15) is 24.0 Å². The molecule has 7 nitrogen and oxygen atoms in total.